The van der Waals surface area contributed by atoms with Crippen LogP contribution < -0.4 is 11.2 Å². The van der Waals surface area contributed by atoms with Gasteiger partial charge in [-0.05, 0) is 19.1 Å². The molecule has 1 aromatic heterocycles. The Morgan fingerprint density at radius 1 is 1.07 bits per heavy atom. The van der Waals surface area contributed by atoms with E-state index in [1.165, 1.54) is 12.1 Å². The maximum Gasteiger partial charge on any atom is 0.333 e. The van der Waals surface area contributed by atoms with Gasteiger partial charge in [-0.15, -0.1) is 0 Å². The summed E-state index contributed by atoms with van der Waals surface area (Å²) in [5.41, 5.74) is -0.715. The molecule has 0 aliphatic carbocycles. The SMILES string of the molecule is Cc1ccc(S(=O)(=O)CCn2c(=O)ccn([C@@H]3O[C@H](CO)[C@@H](O)[C@H]3O)c2=O)cc1. The van der Waals surface area contributed by atoms with Gasteiger partial charge in [-0.2, -0.15) is 0 Å². The minimum atomic E-state index is -3.73. The molecular formula is C18H22N2O8S. The molecule has 3 rings (SSSR count). The standard InChI is InChI=1S/C18H22N2O8S/c1-11-2-4-12(5-3-11)29(26,27)9-8-19-14(22)6-7-20(18(19)25)17-16(24)15(23)13(10-21)28-17/h2-7,13,15-17,21,23-24H,8-10H2,1H3/t13-,15-,16-,17-/m1/s1. The Kier molecular flexibility index (Phi) is 6.05. The molecule has 4 atom stereocenters. The summed E-state index contributed by atoms with van der Waals surface area (Å²) in [6.45, 7) is 0.849. The lowest BCUT2D eigenvalue weighted by atomic mass is 10.1. The van der Waals surface area contributed by atoms with E-state index in [2.05, 4.69) is 0 Å². The average Bonchev–Trinajstić information content (AvgIpc) is 2.96. The van der Waals surface area contributed by atoms with Gasteiger partial charge < -0.3 is 20.1 Å². The second-order valence-corrected chi connectivity index (χ2v) is 8.97. The van der Waals surface area contributed by atoms with E-state index in [0.717, 1.165) is 27.0 Å². The van der Waals surface area contributed by atoms with Crippen molar-refractivity contribution in [1.29, 1.82) is 0 Å². The highest BCUT2D eigenvalue weighted by molar-refractivity contribution is 7.91. The second-order valence-electron chi connectivity index (χ2n) is 6.86. The topological polar surface area (TPSA) is 148 Å². The van der Waals surface area contributed by atoms with Gasteiger partial charge in [-0.25, -0.2) is 13.2 Å². The highest BCUT2D eigenvalue weighted by Gasteiger charge is 2.43. The van der Waals surface area contributed by atoms with Crippen molar-refractivity contribution in [3.8, 4) is 0 Å². The lowest BCUT2D eigenvalue weighted by Gasteiger charge is -2.18. The predicted molar refractivity (Wildman–Crippen MR) is 101 cm³/mol. The monoisotopic (exact) mass is 426 g/mol. The fourth-order valence-corrected chi connectivity index (χ4v) is 4.33. The predicted octanol–water partition coefficient (Wildman–Crippen LogP) is -1.60. The van der Waals surface area contributed by atoms with Gasteiger partial charge in [0.15, 0.2) is 16.1 Å². The number of aliphatic hydroxyl groups is 3. The van der Waals surface area contributed by atoms with Crippen molar-refractivity contribution in [3.63, 3.8) is 0 Å². The molecule has 0 bridgehead atoms. The van der Waals surface area contributed by atoms with Gasteiger partial charge in [0.1, 0.15) is 18.3 Å². The quantitative estimate of drug-likeness (QED) is 0.500. The summed E-state index contributed by atoms with van der Waals surface area (Å²) in [6.07, 6.45) is -4.25. The highest BCUT2D eigenvalue weighted by atomic mass is 32.2. The maximum absolute atomic E-state index is 12.7. The highest BCUT2D eigenvalue weighted by Crippen LogP contribution is 2.27. The lowest BCUT2D eigenvalue weighted by Crippen LogP contribution is -2.44. The van der Waals surface area contributed by atoms with E-state index in [9.17, 15) is 33.3 Å². The van der Waals surface area contributed by atoms with Crippen LogP contribution in [0.2, 0.25) is 0 Å². The number of sulfone groups is 1. The summed E-state index contributed by atoms with van der Waals surface area (Å²) in [5, 5.41) is 29.1. The fraction of sp³-hybridized carbons (Fsp3) is 0.444. The molecule has 3 N–H and O–H groups in total. The first-order chi connectivity index (χ1) is 13.7. The van der Waals surface area contributed by atoms with Crippen molar-refractivity contribution in [2.45, 2.75) is 42.9 Å². The van der Waals surface area contributed by atoms with Gasteiger partial charge in [0.2, 0.25) is 0 Å². The Balaban J connectivity index is 1.88. The van der Waals surface area contributed by atoms with Crippen LogP contribution >= 0.6 is 0 Å². The van der Waals surface area contributed by atoms with E-state index in [1.54, 1.807) is 12.1 Å². The summed E-state index contributed by atoms with van der Waals surface area (Å²) in [7, 11) is -3.73. The molecule has 0 radical (unpaired) electrons. The van der Waals surface area contributed by atoms with Crippen LogP contribution in [0.1, 0.15) is 11.8 Å². The van der Waals surface area contributed by atoms with Gasteiger partial charge in [-0.3, -0.25) is 13.9 Å². The fourth-order valence-electron chi connectivity index (χ4n) is 3.12. The molecule has 2 aromatic rings. The minimum Gasteiger partial charge on any atom is -0.394 e. The largest absolute Gasteiger partial charge is 0.394 e. The third-order valence-electron chi connectivity index (χ3n) is 4.85. The number of benzene rings is 1. The number of hydrogen-bond donors (Lipinski definition) is 3. The first kappa shape index (κ1) is 21.4. The van der Waals surface area contributed by atoms with Gasteiger partial charge >= 0.3 is 5.69 Å². The van der Waals surface area contributed by atoms with E-state index < -0.39 is 64.5 Å². The van der Waals surface area contributed by atoms with Crippen LogP contribution in [0.25, 0.3) is 0 Å². The molecule has 0 unspecified atom stereocenters. The lowest BCUT2D eigenvalue weighted by molar-refractivity contribution is -0.0555. The van der Waals surface area contributed by atoms with E-state index in [1.807, 2.05) is 6.92 Å². The normalized spacial score (nSPS) is 24.7. The summed E-state index contributed by atoms with van der Waals surface area (Å²) in [4.78, 5) is 24.9. The summed E-state index contributed by atoms with van der Waals surface area (Å²) in [5.74, 6) is -0.481. The van der Waals surface area contributed by atoms with Crippen LogP contribution in [0.15, 0.2) is 51.0 Å². The average molecular weight is 426 g/mol. The van der Waals surface area contributed by atoms with Crippen LogP contribution in [0.5, 0.6) is 0 Å². The summed E-state index contributed by atoms with van der Waals surface area (Å²) < 4.78 is 31.9. The van der Waals surface area contributed by atoms with E-state index in [-0.39, 0.29) is 4.90 Å². The first-order valence-electron chi connectivity index (χ1n) is 8.89. The molecule has 0 spiro atoms. The number of nitrogens with zero attached hydrogens (tertiary/aromatic N) is 2. The molecule has 10 nitrogen and oxygen atoms in total. The molecule has 2 heterocycles. The Hall–Kier alpha value is -2.31. The van der Waals surface area contributed by atoms with Crippen molar-refractivity contribution in [3.05, 3.63) is 62.9 Å². The zero-order chi connectivity index (χ0) is 21.3. The summed E-state index contributed by atoms with van der Waals surface area (Å²) >= 11 is 0. The molecule has 0 saturated carbocycles. The molecule has 1 saturated heterocycles. The van der Waals surface area contributed by atoms with Crippen LogP contribution in [-0.4, -0.2) is 63.5 Å². The maximum atomic E-state index is 12.7. The van der Waals surface area contributed by atoms with E-state index in [0.29, 0.717) is 0 Å². The molecular weight excluding hydrogens is 404 g/mol. The van der Waals surface area contributed by atoms with Gasteiger partial charge in [0.25, 0.3) is 5.56 Å². The molecule has 1 aromatic carbocycles. The third kappa shape index (κ3) is 4.19. The zero-order valence-corrected chi connectivity index (χ0v) is 16.4. The number of aromatic nitrogens is 2. The molecule has 158 valence electrons. The van der Waals surface area contributed by atoms with Gasteiger partial charge in [-0.1, -0.05) is 17.7 Å². The third-order valence-corrected chi connectivity index (χ3v) is 6.56. The van der Waals surface area contributed by atoms with Crippen molar-refractivity contribution >= 4 is 9.84 Å². The smallest absolute Gasteiger partial charge is 0.333 e. The molecule has 11 heteroatoms. The number of hydrogen-bond acceptors (Lipinski definition) is 8. The molecule has 1 fully saturated rings. The van der Waals surface area contributed by atoms with Crippen molar-refractivity contribution in [2.24, 2.45) is 0 Å². The van der Waals surface area contributed by atoms with E-state index in [4.69, 9.17) is 4.74 Å². The van der Waals surface area contributed by atoms with Crippen LogP contribution in [0.3, 0.4) is 0 Å². The van der Waals surface area contributed by atoms with Crippen molar-refractivity contribution in [2.75, 3.05) is 12.4 Å². The van der Waals surface area contributed by atoms with Crippen LogP contribution in [0.4, 0.5) is 0 Å². The number of rotatable bonds is 6. The van der Waals surface area contributed by atoms with Crippen LogP contribution in [0, 0.1) is 6.92 Å². The molecule has 0 amide bonds. The van der Waals surface area contributed by atoms with Gasteiger partial charge in [0, 0.05) is 18.8 Å². The molecule has 1 aliphatic rings. The van der Waals surface area contributed by atoms with Gasteiger partial charge in [0.05, 0.1) is 17.3 Å². The Labute approximate surface area is 166 Å². The van der Waals surface area contributed by atoms with Crippen LogP contribution in [-0.2, 0) is 21.1 Å². The van der Waals surface area contributed by atoms with E-state index >= 15 is 0 Å². The van der Waals surface area contributed by atoms with Crippen molar-refractivity contribution in [1.82, 2.24) is 9.13 Å². The zero-order valence-electron chi connectivity index (χ0n) is 15.6. The Morgan fingerprint density at radius 2 is 1.72 bits per heavy atom. The Morgan fingerprint density at radius 3 is 2.31 bits per heavy atom. The Bertz CT molecular complexity index is 1090. The number of aliphatic hydroxyl groups excluding tert-OH is 3. The minimum absolute atomic E-state index is 0.0795. The molecule has 29 heavy (non-hydrogen) atoms. The van der Waals surface area contributed by atoms with Crippen molar-refractivity contribution < 1.29 is 28.5 Å². The number of ether oxygens (including phenoxy) is 1. The summed E-state index contributed by atoms with van der Waals surface area (Å²) in [6, 6.07) is 7.24. The first-order valence-corrected chi connectivity index (χ1v) is 10.5. The second kappa shape index (κ2) is 8.20. The number of aryl methyl sites for hydroxylation is 1. The molecule has 1 aliphatic heterocycles.